The molecule has 3 rings (SSSR count). The summed E-state index contributed by atoms with van der Waals surface area (Å²) < 4.78 is 0. The van der Waals surface area contributed by atoms with Crippen LogP contribution in [0.1, 0.15) is 38.2 Å². The molecule has 4 amide bonds. The quantitative estimate of drug-likeness (QED) is 0.820. The Morgan fingerprint density at radius 1 is 1.31 bits per heavy atom. The van der Waals surface area contributed by atoms with Gasteiger partial charge < -0.3 is 10.2 Å². The predicted octanol–water partition coefficient (Wildman–Crippen LogP) is 2.80. The monoisotopic (exact) mass is 377 g/mol. The van der Waals surface area contributed by atoms with Gasteiger partial charge in [0.2, 0.25) is 5.91 Å². The van der Waals surface area contributed by atoms with E-state index >= 15 is 0 Å². The van der Waals surface area contributed by atoms with Gasteiger partial charge in [0.15, 0.2) is 0 Å². The lowest BCUT2D eigenvalue weighted by Gasteiger charge is -2.36. The Balaban J connectivity index is 1.66. The minimum Gasteiger partial charge on any atom is -0.340 e. The number of amides is 4. The molecule has 2 atom stereocenters. The average molecular weight is 378 g/mol. The van der Waals surface area contributed by atoms with E-state index in [1.54, 1.807) is 19.2 Å². The maximum Gasteiger partial charge on any atom is 0.325 e. The summed E-state index contributed by atoms with van der Waals surface area (Å²) in [6.07, 6.45) is 3.53. The summed E-state index contributed by atoms with van der Waals surface area (Å²) in [5.41, 5.74) is 0.101. The Morgan fingerprint density at radius 2 is 2.00 bits per heavy atom. The molecule has 26 heavy (non-hydrogen) atoms. The highest BCUT2D eigenvalue weighted by Crippen LogP contribution is 2.38. The first-order chi connectivity index (χ1) is 12.3. The normalized spacial score (nSPS) is 25.5. The van der Waals surface area contributed by atoms with E-state index in [-0.39, 0.29) is 24.3 Å². The summed E-state index contributed by atoms with van der Waals surface area (Å²) in [6, 6.07) is 6.76. The molecule has 1 aliphatic carbocycles. The van der Waals surface area contributed by atoms with Crippen LogP contribution in [0.4, 0.5) is 4.79 Å². The van der Waals surface area contributed by atoms with Crippen LogP contribution in [0.2, 0.25) is 5.02 Å². The molecule has 6 nitrogen and oxygen atoms in total. The number of carbonyl (C=O) groups is 3. The molecular formula is C19H24ClN3O3. The van der Waals surface area contributed by atoms with Gasteiger partial charge in [0.05, 0.1) is 0 Å². The Hall–Kier alpha value is -2.08. The van der Waals surface area contributed by atoms with Crippen LogP contribution >= 0.6 is 11.6 Å². The van der Waals surface area contributed by atoms with E-state index < -0.39 is 11.6 Å². The number of nitrogens with one attached hydrogen (secondary N) is 1. The Kier molecular flexibility index (Phi) is 5.23. The van der Waals surface area contributed by atoms with E-state index in [9.17, 15) is 14.4 Å². The average Bonchev–Trinajstić information content (AvgIpc) is 2.84. The van der Waals surface area contributed by atoms with E-state index in [1.807, 2.05) is 19.1 Å². The second kappa shape index (κ2) is 7.27. The van der Waals surface area contributed by atoms with Crippen LogP contribution in [0.3, 0.4) is 0 Å². The lowest BCUT2D eigenvalue weighted by molar-refractivity contribution is -0.140. The SMILES string of the molecule is CC1CCCCC12NC(=O)N(CC(=O)N(C)Cc1ccc(Cl)cc1)C2=O. The molecule has 140 valence electrons. The first-order valence-electron chi connectivity index (χ1n) is 8.96. The number of urea groups is 1. The number of imide groups is 1. The van der Waals surface area contributed by atoms with Crippen LogP contribution in [-0.4, -0.2) is 46.8 Å². The van der Waals surface area contributed by atoms with E-state index in [2.05, 4.69) is 5.32 Å². The number of rotatable bonds is 4. The zero-order chi connectivity index (χ0) is 18.9. The van der Waals surface area contributed by atoms with Gasteiger partial charge in [-0.05, 0) is 36.5 Å². The second-order valence-electron chi connectivity index (χ2n) is 7.32. The maximum atomic E-state index is 12.9. The van der Waals surface area contributed by atoms with Crippen molar-refractivity contribution in [3.63, 3.8) is 0 Å². The highest BCUT2D eigenvalue weighted by molar-refractivity contribution is 6.30. The minimum atomic E-state index is -0.829. The number of benzene rings is 1. The third-order valence-corrected chi connectivity index (χ3v) is 5.81. The van der Waals surface area contributed by atoms with Crippen molar-refractivity contribution < 1.29 is 14.4 Å². The van der Waals surface area contributed by atoms with Crippen molar-refractivity contribution in [3.8, 4) is 0 Å². The molecule has 0 radical (unpaired) electrons. The molecule has 1 aliphatic heterocycles. The van der Waals surface area contributed by atoms with E-state index in [1.165, 1.54) is 4.90 Å². The van der Waals surface area contributed by atoms with Crippen LogP contribution in [0.25, 0.3) is 0 Å². The van der Waals surface area contributed by atoms with Crippen molar-refractivity contribution >= 4 is 29.4 Å². The van der Waals surface area contributed by atoms with Crippen LogP contribution in [-0.2, 0) is 16.1 Å². The largest absolute Gasteiger partial charge is 0.340 e. The van der Waals surface area contributed by atoms with E-state index in [0.717, 1.165) is 29.7 Å². The van der Waals surface area contributed by atoms with Crippen molar-refractivity contribution in [1.29, 1.82) is 0 Å². The van der Waals surface area contributed by atoms with E-state index in [0.29, 0.717) is 18.0 Å². The maximum absolute atomic E-state index is 12.9. The van der Waals surface area contributed by atoms with Crippen molar-refractivity contribution in [1.82, 2.24) is 15.1 Å². The molecular weight excluding hydrogens is 354 g/mol. The molecule has 1 aromatic carbocycles. The number of nitrogens with zero attached hydrogens (tertiary/aromatic N) is 2. The first kappa shape index (κ1) is 18.7. The number of carbonyl (C=O) groups excluding carboxylic acids is 3. The lowest BCUT2D eigenvalue weighted by Crippen LogP contribution is -2.54. The fraction of sp³-hybridized carbons (Fsp3) is 0.526. The van der Waals surface area contributed by atoms with Gasteiger partial charge in [0.25, 0.3) is 5.91 Å². The first-order valence-corrected chi connectivity index (χ1v) is 9.34. The van der Waals surface area contributed by atoms with E-state index in [4.69, 9.17) is 11.6 Å². The molecule has 2 fully saturated rings. The summed E-state index contributed by atoms with van der Waals surface area (Å²) in [6.45, 7) is 2.15. The van der Waals surface area contributed by atoms with Gasteiger partial charge in [0, 0.05) is 18.6 Å². The number of likely N-dealkylation sites (N-methyl/N-ethyl adjacent to an activating group) is 1. The van der Waals surface area contributed by atoms with Crippen molar-refractivity contribution in [2.24, 2.45) is 5.92 Å². The predicted molar refractivity (Wildman–Crippen MR) is 98.5 cm³/mol. The molecule has 2 unspecified atom stereocenters. The number of halogens is 1. The Bertz CT molecular complexity index is 721. The molecule has 0 bridgehead atoms. The van der Waals surface area contributed by atoms with Gasteiger partial charge in [-0.3, -0.25) is 14.5 Å². The third kappa shape index (κ3) is 3.43. The molecule has 1 N–H and O–H groups in total. The third-order valence-electron chi connectivity index (χ3n) is 5.55. The zero-order valence-electron chi connectivity index (χ0n) is 15.1. The minimum absolute atomic E-state index is 0.0830. The highest BCUT2D eigenvalue weighted by atomic mass is 35.5. The summed E-state index contributed by atoms with van der Waals surface area (Å²) in [5, 5.41) is 3.50. The van der Waals surface area contributed by atoms with Crippen LogP contribution < -0.4 is 5.32 Å². The summed E-state index contributed by atoms with van der Waals surface area (Å²) in [4.78, 5) is 40.4. The van der Waals surface area contributed by atoms with Gasteiger partial charge in [0.1, 0.15) is 12.1 Å². The smallest absolute Gasteiger partial charge is 0.325 e. The van der Waals surface area contributed by atoms with Crippen LogP contribution in [0.5, 0.6) is 0 Å². The highest BCUT2D eigenvalue weighted by Gasteiger charge is 2.55. The van der Waals surface area contributed by atoms with Crippen LogP contribution in [0.15, 0.2) is 24.3 Å². The summed E-state index contributed by atoms with van der Waals surface area (Å²) in [7, 11) is 1.66. The van der Waals surface area contributed by atoms with Gasteiger partial charge in [-0.15, -0.1) is 0 Å². The Labute approximate surface area is 158 Å². The summed E-state index contributed by atoms with van der Waals surface area (Å²) in [5.74, 6) is -0.452. The van der Waals surface area contributed by atoms with Gasteiger partial charge >= 0.3 is 6.03 Å². The van der Waals surface area contributed by atoms with Crippen molar-refractivity contribution in [2.45, 2.75) is 44.7 Å². The van der Waals surface area contributed by atoms with Crippen LogP contribution in [0, 0.1) is 5.92 Å². The molecule has 1 spiro atoms. The fourth-order valence-corrected chi connectivity index (χ4v) is 3.97. The second-order valence-corrected chi connectivity index (χ2v) is 7.75. The van der Waals surface area contributed by atoms with Gasteiger partial charge in [-0.25, -0.2) is 4.79 Å². The number of hydrogen-bond donors (Lipinski definition) is 1. The topological polar surface area (TPSA) is 69.7 Å². The molecule has 2 aliphatic rings. The standard InChI is InChI=1S/C19H24ClN3O3/c1-13-5-3-4-10-19(13)17(25)23(18(26)21-19)12-16(24)22(2)11-14-6-8-15(20)9-7-14/h6-9,13H,3-5,10-12H2,1-2H3,(H,21,26). The molecule has 7 heteroatoms. The fourth-order valence-electron chi connectivity index (χ4n) is 3.85. The lowest BCUT2D eigenvalue weighted by atomic mass is 9.73. The molecule has 1 aromatic rings. The number of hydrogen-bond acceptors (Lipinski definition) is 3. The molecule has 1 saturated carbocycles. The summed E-state index contributed by atoms with van der Waals surface area (Å²) >= 11 is 5.87. The molecule has 0 aromatic heterocycles. The van der Waals surface area contributed by atoms with Crippen molar-refractivity contribution in [3.05, 3.63) is 34.9 Å². The zero-order valence-corrected chi connectivity index (χ0v) is 15.9. The molecule has 1 saturated heterocycles. The van der Waals surface area contributed by atoms with Gasteiger partial charge in [-0.2, -0.15) is 0 Å². The molecule has 1 heterocycles. The van der Waals surface area contributed by atoms with Gasteiger partial charge in [-0.1, -0.05) is 43.5 Å². The van der Waals surface area contributed by atoms with Crippen molar-refractivity contribution in [2.75, 3.05) is 13.6 Å². The Morgan fingerprint density at radius 3 is 2.65 bits per heavy atom.